The molecule has 1 aliphatic rings. The maximum absolute atomic E-state index is 5.97. The minimum Gasteiger partial charge on any atom is -0.377 e. The molecule has 102 valence electrons. The van der Waals surface area contributed by atoms with Crippen molar-refractivity contribution in [3.63, 3.8) is 0 Å². The Bertz CT molecular complexity index is 197. The van der Waals surface area contributed by atoms with Crippen LogP contribution in [0.1, 0.15) is 53.4 Å². The Morgan fingerprint density at radius 2 is 1.76 bits per heavy atom. The zero-order chi connectivity index (χ0) is 12.8. The van der Waals surface area contributed by atoms with E-state index in [-0.39, 0.29) is 0 Å². The molecule has 2 nitrogen and oxygen atoms in total. The fourth-order valence-corrected chi connectivity index (χ4v) is 3.22. The van der Waals surface area contributed by atoms with Crippen LogP contribution in [0.2, 0.25) is 0 Å². The van der Waals surface area contributed by atoms with Gasteiger partial charge in [0.15, 0.2) is 0 Å². The fraction of sp³-hybridized carbons (Fsp3) is 1.00. The van der Waals surface area contributed by atoms with Crippen molar-refractivity contribution in [3.05, 3.63) is 0 Å². The molecule has 0 heterocycles. The maximum Gasteiger partial charge on any atom is 0.0753 e. The summed E-state index contributed by atoms with van der Waals surface area (Å²) in [5.41, 5.74) is 0. The lowest BCUT2D eigenvalue weighted by Gasteiger charge is -2.38. The largest absolute Gasteiger partial charge is 0.377 e. The van der Waals surface area contributed by atoms with E-state index in [1.807, 2.05) is 0 Å². The number of hydrogen-bond acceptors (Lipinski definition) is 2. The highest BCUT2D eigenvalue weighted by Gasteiger charge is 2.32. The summed E-state index contributed by atoms with van der Waals surface area (Å²) in [5, 5.41) is 3.53. The van der Waals surface area contributed by atoms with Crippen molar-refractivity contribution in [1.29, 1.82) is 0 Å². The van der Waals surface area contributed by atoms with Crippen LogP contribution in [0.25, 0.3) is 0 Å². The third-order valence-electron chi connectivity index (χ3n) is 4.27. The Morgan fingerprint density at radius 1 is 1.18 bits per heavy atom. The van der Waals surface area contributed by atoms with Crippen LogP contribution in [0.3, 0.4) is 0 Å². The molecule has 1 rings (SSSR count). The van der Waals surface area contributed by atoms with Gasteiger partial charge in [0.05, 0.1) is 6.10 Å². The van der Waals surface area contributed by atoms with Crippen molar-refractivity contribution < 1.29 is 4.74 Å². The Morgan fingerprint density at radius 3 is 2.18 bits per heavy atom. The van der Waals surface area contributed by atoms with Gasteiger partial charge in [-0.25, -0.2) is 0 Å². The highest BCUT2D eigenvalue weighted by atomic mass is 16.5. The van der Waals surface area contributed by atoms with Gasteiger partial charge in [-0.1, -0.05) is 33.6 Å². The second-order valence-electron chi connectivity index (χ2n) is 6.00. The summed E-state index contributed by atoms with van der Waals surface area (Å²) in [7, 11) is 2.09. The van der Waals surface area contributed by atoms with E-state index in [0.717, 1.165) is 18.4 Å². The standard InChI is InChI=1S/C15H31NO/c1-6-17-15(11(2)3)14(16-5)13-9-7-12(4)8-10-13/h11-16H,6-10H2,1-5H3. The molecule has 1 fully saturated rings. The zero-order valence-electron chi connectivity index (χ0n) is 12.3. The first-order valence-corrected chi connectivity index (χ1v) is 7.39. The Kier molecular flexibility index (Phi) is 6.50. The van der Waals surface area contributed by atoms with Crippen LogP contribution in [0.15, 0.2) is 0 Å². The van der Waals surface area contributed by atoms with Crippen LogP contribution >= 0.6 is 0 Å². The highest BCUT2D eigenvalue weighted by Crippen LogP contribution is 2.33. The van der Waals surface area contributed by atoms with Gasteiger partial charge >= 0.3 is 0 Å². The van der Waals surface area contributed by atoms with Crippen LogP contribution in [0.4, 0.5) is 0 Å². The molecule has 2 atom stereocenters. The van der Waals surface area contributed by atoms with Crippen molar-refractivity contribution in [2.24, 2.45) is 17.8 Å². The van der Waals surface area contributed by atoms with E-state index in [1.165, 1.54) is 25.7 Å². The average Bonchev–Trinajstić information content (AvgIpc) is 2.31. The van der Waals surface area contributed by atoms with Gasteiger partial charge in [-0.3, -0.25) is 0 Å². The zero-order valence-corrected chi connectivity index (χ0v) is 12.3. The van der Waals surface area contributed by atoms with Gasteiger partial charge < -0.3 is 10.1 Å². The topological polar surface area (TPSA) is 21.3 Å². The smallest absolute Gasteiger partial charge is 0.0753 e. The second-order valence-corrected chi connectivity index (χ2v) is 6.00. The first kappa shape index (κ1) is 15.0. The van der Waals surface area contributed by atoms with Crippen molar-refractivity contribution in [2.45, 2.75) is 65.5 Å². The van der Waals surface area contributed by atoms with Crippen molar-refractivity contribution >= 4 is 0 Å². The van der Waals surface area contributed by atoms with E-state index in [9.17, 15) is 0 Å². The van der Waals surface area contributed by atoms with Gasteiger partial charge in [-0.05, 0) is 44.6 Å². The van der Waals surface area contributed by atoms with Crippen molar-refractivity contribution in [3.8, 4) is 0 Å². The summed E-state index contributed by atoms with van der Waals surface area (Å²) in [6.07, 6.45) is 5.87. The van der Waals surface area contributed by atoms with Gasteiger partial charge in [0.1, 0.15) is 0 Å². The molecule has 1 saturated carbocycles. The average molecular weight is 241 g/mol. The van der Waals surface area contributed by atoms with E-state index in [4.69, 9.17) is 4.74 Å². The van der Waals surface area contributed by atoms with Gasteiger partial charge in [0, 0.05) is 12.6 Å². The van der Waals surface area contributed by atoms with Crippen LogP contribution in [0.5, 0.6) is 0 Å². The molecule has 0 amide bonds. The number of likely N-dealkylation sites (N-methyl/N-ethyl adjacent to an activating group) is 1. The highest BCUT2D eigenvalue weighted by molar-refractivity contribution is 4.87. The predicted molar refractivity (Wildman–Crippen MR) is 74.2 cm³/mol. The molecule has 1 aliphatic carbocycles. The third-order valence-corrected chi connectivity index (χ3v) is 4.27. The second kappa shape index (κ2) is 7.38. The van der Waals surface area contributed by atoms with Crippen LogP contribution in [-0.2, 0) is 4.74 Å². The van der Waals surface area contributed by atoms with Gasteiger partial charge in [0.25, 0.3) is 0 Å². The molecule has 2 unspecified atom stereocenters. The third kappa shape index (κ3) is 4.26. The van der Waals surface area contributed by atoms with Gasteiger partial charge in [0.2, 0.25) is 0 Å². The van der Waals surface area contributed by atoms with Gasteiger partial charge in [-0.15, -0.1) is 0 Å². The monoisotopic (exact) mass is 241 g/mol. The summed E-state index contributed by atoms with van der Waals surface area (Å²) in [4.78, 5) is 0. The van der Waals surface area contributed by atoms with Crippen molar-refractivity contribution in [2.75, 3.05) is 13.7 Å². The summed E-state index contributed by atoms with van der Waals surface area (Å²) in [6, 6.07) is 0.530. The van der Waals surface area contributed by atoms with Gasteiger partial charge in [-0.2, -0.15) is 0 Å². The van der Waals surface area contributed by atoms with E-state index in [1.54, 1.807) is 0 Å². The summed E-state index contributed by atoms with van der Waals surface area (Å²) in [6.45, 7) is 9.86. The first-order chi connectivity index (χ1) is 8.10. The minimum atomic E-state index is 0.364. The molecule has 0 aromatic carbocycles. The number of nitrogens with one attached hydrogen (secondary N) is 1. The van der Waals surface area contributed by atoms with Crippen LogP contribution < -0.4 is 5.32 Å². The molecule has 1 N–H and O–H groups in total. The lowest BCUT2D eigenvalue weighted by atomic mass is 9.76. The van der Waals surface area contributed by atoms with E-state index < -0.39 is 0 Å². The summed E-state index contributed by atoms with van der Waals surface area (Å²) >= 11 is 0. The minimum absolute atomic E-state index is 0.364. The molecule has 17 heavy (non-hydrogen) atoms. The normalized spacial score (nSPS) is 29.3. The molecule has 2 heteroatoms. The Hall–Kier alpha value is -0.0800. The SMILES string of the molecule is CCOC(C(C)C)C(NC)C1CCC(C)CC1. The lowest BCUT2D eigenvalue weighted by molar-refractivity contribution is -0.0163. The molecular weight excluding hydrogens is 210 g/mol. The molecule has 0 saturated heterocycles. The summed E-state index contributed by atoms with van der Waals surface area (Å²) in [5.74, 6) is 2.32. The number of rotatable bonds is 6. The predicted octanol–water partition coefficient (Wildman–Crippen LogP) is 3.46. The fourth-order valence-electron chi connectivity index (χ4n) is 3.22. The Balaban J connectivity index is 2.61. The quantitative estimate of drug-likeness (QED) is 0.769. The maximum atomic E-state index is 5.97. The molecular formula is C15H31NO. The molecule has 0 aromatic heterocycles. The van der Waals surface area contributed by atoms with Crippen molar-refractivity contribution in [1.82, 2.24) is 5.32 Å². The molecule has 0 aromatic rings. The molecule has 0 radical (unpaired) electrons. The molecule has 0 spiro atoms. The van der Waals surface area contributed by atoms with E-state index in [0.29, 0.717) is 18.1 Å². The van der Waals surface area contributed by atoms with Crippen LogP contribution in [-0.4, -0.2) is 25.8 Å². The summed E-state index contributed by atoms with van der Waals surface area (Å²) < 4.78 is 5.97. The first-order valence-electron chi connectivity index (χ1n) is 7.39. The van der Waals surface area contributed by atoms with E-state index >= 15 is 0 Å². The lowest BCUT2D eigenvalue weighted by Crippen LogP contribution is -2.48. The molecule has 0 aliphatic heterocycles. The number of hydrogen-bond donors (Lipinski definition) is 1. The Labute approximate surface area is 108 Å². The van der Waals surface area contributed by atoms with E-state index in [2.05, 4.69) is 40.1 Å². The number of ether oxygens (including phenoxy) is 1. The molecule has 0 bridgehead atoms. The van der Waals surface area contributed by atoms with Crippen LogP contribution in [0, 0.1) is 17.8 Å².